The van der Waals surface area contributed by atoms with Gasteiger partial charge < -0.3 is 10.2 Å². The van der Waals surface area contributed by atoms with Gasteiger partial charge in [-0.1, -0.05) is 41.9 Å². The molecule has 0 saturated heterocycles. The van der Waals surface area contributed by atoms with E-state index >= 15 is 0 Å². The topological polar surface area (TPSA) is 67.2 Å². The van der Waals surface area contributed by atoms with Gasteiger partial charge in [0.25, 0.3) is 5.56 Å². The Hall–Kier alpha value is -3.64. The van der Waals surface area contributed by atoms with Crippen molar-refractivity contribution in [3.8, 4) is 5.69 Å². The summed E-state index contributed by atoms with van der Waals surface area (Å²) >= 11 is 6.08. The Labute approximate surface area is 203 Å². The molecule has 2 amide bonds. The fourth-order valence-corrected chi connectivity index (χ4v) is 4.31. The van der Waals surface area contributed by atoms with Crippen molar-refractivity contribution in [3.05, 3.63) is 99.1 Å². The Balaban J connectivity index is 1.85. The molecule has 1 atom stereocenters. The molecule has 1 N–H and O–H groups in total. The molecule has 0 bridgehead atoms. The number of hydrogen-bond donors (Lipinski definition) is 1. The van der Waals surface area contributed by atoms with Gasteiger partial charge in [-0.25, -0.2) is 9.78 Å². The Bertz CT molecular complexity index is 1430. The number of nitrogens with zero attached hydrogens (tertiary/aromatic N) is 3. The van der Waals surface area contributed by atoms with E-state index in [9.17, 15) is 9.59 Å². The average Bonchev–Trinajstić information content (AvgIpc) is 2.81. The summed E-state index contributed by atoms with van der Waals surface area (Å²) in [5.41, 5.74) is 3.78. The number of carbonyl (C=O) groups is 1. The minimum Gasteiger partial charge on any atom is -0.315 e. The van der Waals surface area contributed by atoms with E-state index in [4.69, 9.17) is 16.6 Å². The van der Waals surface area contributed by atoms with Gasteiger partial charge in [0, 0.05) is 17.3 Å². The van der Waals surface area contributed by atoms with Crippen molar-refractivity contribution in [1.82, 2.24) is 14.5 Å². The zero-order valence-corrected chi connectivity index (χ0v) is 20.4. The van der Waals surface area contributed by atoms with Crippen molar-refractivity contribution < 1.29 is 4.79 Å². The van der Waals surface area contributed by atoms with Crippen LogP contribution in [0.2, 0.25) is 5.02 Å². The summed E-state index contributed by atoms with van der Waals surface area (Å²) in [6.07, 6.45) is 0. The second-order valence-electron chi connectivity index (χ2n) is 8.32. The van der Waals surface area contributed by atoms with Crippen molar-refractivity contribution in [2.75, 3.05) is 11.9 Å². The van der Waals surface area contributed by atoms with E-state index in [1.165, 1.54) is 0 Å². The van der Waals surface area contributed by atoms with Gasteiger partial charge in [0.15, 0.2) is 0 Å². The molecule has 0 saturated carbocycles. The van der Waals surface area contributed by atoms with Crippen LogP contribution in [0.3, 0.4) is 0 Å². The number of aromatic nitrogens is 2. The molecular weight excluding hydrogens is 448 g/mol. The zero-order chi connectivity index (χ0) is 24.4. The second-order valence-corrected chi connectivity index (χ2v) is 8.76. The summed E-state index contributed by atoms with van der Waals surface area (Å²) < 4.78 is 1.64. The predicted octanol–water partition coefficient (Wildman–Crippen LogP) is 6.27. The second kappa shape index (κ2) is 9.69. The molecule has 1 heterocycles. The first kappa shape index (κ1) is 23.5. The molecule has 6 nitrogen and oxygen atoms in total. The largest absolute Gasteiger partial charge is 0.322 e. The van der Waals surface area contributed by atoms with Crippen molar-refractivity contribution in [1.29, 1.82) is 0 Å². The van der Waals surface area contributed by atoms with E-state index in [1.807, 2.05) is 64.1 Å². The van der Waals surface area contributed by atoms with Crippen LogP contribution in [-0.4, -0.2) is 27.0 Å². The molecule has 0 aliphatic carbocycles. The van der Waals surface area contributed by atoms with Crippen molar-refractivity contribution in [2.24, 2.45) is 0 Å². The maximum Gasteiger partial charge on any atom is 0.322 e. The molecular formula is C27H27ClN4O2. The Morgan fingerprint density at radius 1 is 1.09 bits per heavy atom. The SMILES string of the molecule is CCN(C(=O)Nc1cccc(Cl)c1)C(C)c1nc2ccccc2c(=O)n1-c1cc(C)ccc1C. The van der Waals surface area contributed by atoms with E-state index in [-0.39, 0.29) is 11.6 Å². The number of aryl methyl sites for hydroxylation is 2. The number of amides is 2. The lowest BCUT2D eigenvalue weighted by Crippen LogP contribution is -2.39. The normalized spacial score (nSPS) is 11.9. The van der Waals surface area contributed by atoms with Crippen LogP contribution in [-0.2, 0) is 0 Å². The van der Waals surface area contributed by atoms with Crippen LogP contribution >= 0.6 is 11.6 Å². The Morgan fingerprint density at radius 3 is 2.59 bits per heavy atom. The monoisotopic (exact) mass is 474 g/mol. The van der Waals surface area contributed by atoms with Crippen LogP contribution in [0.15, 0.2) is 71.5 Å². The van der Waals surface area contributed by atoms with Gasteiger partial charge in [-0.15, -0.1) is 0 Å². The molecule has 4 rings (SSSR count). The van der Waals surface area contributed by atoms with Crippen LogP contribution in [0.5, 0.6) is 0 Å². The number of halogens is 1. The third kappa shape index (κ3) is 4.54. The molecule has 1 aromatic heterocycles. The molecule has 1 unspecified atom stereocenters. The van der Waals surface area contributed by atoms with Gasteiger partial charge in [0.1, 0.15) is 5.82 Å². The van der Waals surface area contributed by atoms with Crippen LogP contribution in [0, 0.1) is 13.8 Å². The molecule has 0 spiro atoms. The van der Waals surface area contributed by atoms with E-state index in [0.717, 1.165) is 16.8 Å². The van der Waals surface area contributed by atoms with Crippen molar-refractivity contribution >= 4 is 34.2 Å². The predicted molar refractivity (Wildman–Crippen MR) is 138 cm³/mol. The van der Waals surface area contributed by atoms with Gasteiger partial charge in [-0.05, 0) is 75.2 Å². The first-order valence-corrected chi connectivity index (χ1v) is 11.6. The number of hydrogen-bond acceptors (Lipinski definition) is 3. The van der Waals surface area contributed by atoms with Gasteiger partial charge in [-0.2, -0.15) is 0 Å². The summed E-state index contributed by atoms with van der Waals surface area (Å²) in [7, 11) is 0. The van der Waals surface area contributed by atoms with Crippen molar-refractivity contribution in [3.63, 3.8) is 0 Å². The highest BCUT2D eigenvalue weighted by atomic mass is 35.5. The lowest BCUT2D eigenvalue weighted by Gasteiger charge is -2.30. The summed E-state index contributed by atoms with van der Waals surface area (Å²) in [4.78, 5) is 33.5. The lowest BCUT2D eigenvalue weighted by atomic mass is 10.1. The maximum atomic E-state index is 13.7. The molecule has 0 fully saturated rings. The molecule has 0 radical (unpaired) electrons. The summed E-state index contributed by atoms with van der Waals surface area (Å²) in [6, 6.07) is 19.5. The van der Waals surface area contributed by atoms with E-state index in [1.54, 1.807) is 39.8 Å². The van der Waals surface area contributed by atoms with E-state index in [0.29, 0.717) is 34.0 Å². The number of urea groups is 1. The third-order valence-electron chi connectivity index (χ3n) is 5.93. The van der Waals surface area contributed by atoms with Crippen LogP contribution in [0.25, 0.3) is 16.6 Å². The average molecular weight is 475 g/mol. The Kier molecular flexibility index (Phi) is 6.70. The quantitative estimate of drug-likeness (QED) is 0.370. The lowest BCUT2D eigenvalue weighted by molar-refractivity contribution is 0.193. The summed E-state index contributed by atoms with van der Waals surface area (Å²) in [5.74, 6) is 0.500. The summed E-state index contributed by atoms with van der Waals surface area (Å²) in [6.45, 7) is 8.16. The first-order valence-electron chi connectivity index (χ1n) is 11.2. The number of para-hydroxylation sites is 1. The highest BCUT2D eigenvalue weighted by Gasteiger charge is 2.26. The van der Waals surface area contributed by atoms with Crippen molar-refractivity contribution in [2.45, 2.75) is 33.7 Å². The number of carbonyl (C=O) groups excluding carboxylic acids is 1. The fraction of sp³-hybridized carbons (Fsp3) is 0.222. The number of anilines is 1. The first-order chi connectivity index (χ1) is 16.3. The molecule has 34 heavy (non-hydrogen) atoms. The molecule has 4 aromatic rings. The fourth-order valence-electron chi connectivity index (χ4n) is 4.12. The van der Waals surface area contributed by atoms with Gasteiger partial charge in [0.05, 0.1) is 22.6 Å². The molecule has 0 aliphatic heterocycles. The zero-order valence-electron chi connectivity index (χ0n) is 19.7. The van der Waals surface area contributed by atoms with Crippen LogP contribution in [0.4, 0.5) is 10.5 Å². The van der Waals surface area contributed by atoms with Gasteiger partial charge >= 0.3 is 6.03 Å². The Morgan fingerprint density at radius 2 is 1.85 bits per heavy atom. The van der Waals surface area contributed by atoms with Crippen LogP contribution < -0.4 is 10.9 Å². The number of benzene rings is 3. The smallest absolute Gasteiger partial charge is 0.315 e. The maximum absolute atomic E-state index is 13.7. The molecule has 7 heteroatoms. The standard InChI is InChI=1S/C27H27ClN4O2/c1-5-31(27(34)29-21-10-8-9-20(28)16-21)19(4)25-30-23-12-7-6-11-22(23)26(33)32(25)24-15-17(2)13-14-18(24)3/h6-16,19H,5H2,1-4H3,(H,29,34). The highest BCUT2D eigenvalue weighted by Crippen LogP contribution is 2.26. The van der Waals surface area contributed by atoms with Gasteiger partial charge in [0.2, 0.25) is 0 Å². The molecule has 0 aliphatic rings. The van der Waals surface area contributed by atoms with Crippen LogP contribution in [0.1, 0.15) is 36.8 Å². The van der Waals surface area contributed by atoms with E-state index < -0.39 is 6.04 Å². The third-order valence-corrected chi connectivity index (χ3v) is 6.16. The minimum atomic E-state index is -0.485. The van der Waals surface area contributed by atoms with Gasteiger partial charge in [-0.3, -0.25) is 9.36 Å². The number of fused-ring (bicyclic) bond motifs is 1. The molecule has 3 aromatic carbocycles. The number of rotatable bonds is 5. The number of nitrogens with one attached hydrogen (secondary N) is 1. The van der Waals surface area contributed by atoms with E-state index in [2.05, 4.69) is 5.32 Å². The summed E-state index contributed by atoms with van der Waals surface area (Å²) in [5, 5.41) is 3.97. The highest BCUT2D eigenvalue weighted by molar-refractivity contribution is 6.30. The minimum absolute atomic E-state index is 0.160. The molecule has 174 valence electrons.